The average molecular weight is 465 g/mol. The quantitative estimate of drug-likeness (QED) is 0.381. The molecule has 0 radical (unpaired) electrons. The van der Waals surface area contributed by atoms with Crippen LogP contribution in [0.4, 0.5) is 0 Å². The van der Waals surface area contributed by atoms with Crippen molar-refractivity contribution < 1.29 is 19.1 Å². The van der Waals surface area contributed by atoms with Gasteiger partial charge in [-0.25, -0.2) is 9.79 Å². The molecule has 7 heteroatoms. The molecule has 0 atom stereocenters. The van der Waals surface area contributed by atoms with Crippen molar-refractivity contribution in [3.05, 3.63) is 68.2 Å². The van der Waals surface area contributed by atoms with Crippen LogP contribution in [0.2, 0.25) is 0 Å². The molecule has 0 saturated carbocycles. The maximum atomic E-state index is 12.1. The van der Waals surface area contributed by atoms with E-state index in [0.29, 0.717) is 21.3 Å². The Labute approximate surface area is 160 Å². The average Bonchev–Trinajstić information content (AvgIpc) is 2.92. The molecule has 0 spiro atoms. The van der Waals surface area contributed by atoms with E-state index in [9.17, 15) is 9.59 Å². The van der Waals surface area contributed by atoms with Gasteiger partial charge in [-0.1, -0.05) is 34.1 Å². The number of nitrogens with zero attached hydrogens (tertiary/aromatic N) is 1. The second kappa shape index (κ2) is 7.33. The van der Waals surface area contributed by atoms with E-state index in [1.165, 1.54) is 13.0 Å². The summed E-state index contributed by atoms with van der Waals surface area (Å²) < 4.78 is 11.8. The molecule has 0 unspecified atom stereocenters. The summed E-state index contributed by atoms with van der Waals surface area (Å²) in [7, 11) is 0. The van der Waals surface area contributed by atoms with E-state index in [0.717, 1.165) is 4.47 Å². The number of aliphatic imine (C=N–C) groups is 1. The third-order valence-electron chi connectivity index (χ3n) is 3.22. The number of hydrogen-bond donors (Lipinski definition) is 0. The van der Waals surface area contributed by atoms with E-state index in [1.54, 1.807) is 24.3 Å². The highest BCUT2D eigenvalue weighted by atomic mass is 79.9. The van der Waals surface area contributed by atoms with Gasteiger partial charge in [0, 0.05) is 22.5 Å². The number of carbonyl (C=O) groups excluding carboxylic acids is 2. The Morgan fingerprint density at radius 1 is 1.20 bits per heavy atom. The Morgan fingerprint density at radius 2 is 1.92 bits per heavy atom. The second-order valence-corrected chi connectivity index (χ2v) is 6.87. The van der Waals surface area contributed by atoms with Gasteiger partial charge in [0.2, 0.25) is 5.90 Å². The summed E-state index contributed by atoms with van der Waals surface area (Å²) in [4.78, 5) is 27.7. The molecule has 1 aliphatic heterocycles. The molecular weight excluding hydrogens is 454 g/mol. The fourth-order valence-electron chi connectivity index (χ4n) is 2.20. The Morgan fingerprint density at radius 3 is 2.60 bits per heavy atom. The Kier molecular flexibility index (Phi) is 5.15. The molecular formula is C18H11Br2NO4. The molecule has 0 aromatic heterocycles. The lowest BCUT2D eigenvalue weighted by Crippen LogP contribution is -2.05. The number of ether oxygens (including phenoxy) is 2. The van der Waals surface area contributed by atoms with Gasteiger partial charge in [-0.05, 0) is 46.3 Å². The molecule has 0 N–H and O–H groups in total. The minimum Gasteiger partial charge on any atom is -0.425 e. The first-order valence-electron chi connectivity index (χ1n) is 7.19. The van der Waals surface area contributed by atoms with Crippen LogP contribution < -0.4 is 4.74 Å². The molecule has 1 heterocycles. The molecule has 0 aliphatic carbocycles. The molecule has 3 rings (SSSR count). The predicted octanol–water partition coefficient (Wildman–Crippen LogP) is 4.48. The summed E-state index contributed by atoms with van der Waals surface area (Å²) in [5.74, 6) is -0.492. The van der Waals surface area contributed by atoms with Crippen LogP contribution in [-0.2, 0) is 14.3 Å². The number of cyclic esters (lactones) is 1. The lowest BCUT2D eigenvalue weighted by molar-refractivity contribution is -0.132. The first-order chi connectivity index (χ1) is 11.9. The summed E-state index contributed by atoms with van der Waals surface area (Å²) >= 11 is 6.73. The second-order valence-electron chi connectivity index (χ2n) is 5.10. The molecule has 5 nitrogen and oxygen atoms in total. The zero-order chi connectivity index (χ0) is 18.0. The summed E-state index contributed by atoms with van der Waals surface area (Å²) in [6.07, 6.45) is 1.52. The van der Waals surface area contributed by atoms with Gasteiger partial charge in [0.1, 0.15) is 0 Å². The van der Waals surface area contributed by atoms with Gasteiger partial charge >= 0.3 is 11.9 Å². The molecule has 1 aliphatic rings. The Balaban J connectivity index is 2.04. The minimum atomic E-state index is -0.566. The number of carbonyl (C=O) groups is 2. The van der Waals surface area contributed by atoms with Crippen LogP contribution in [0, 0.1) is 0 Å². The zero-order valence-electron chi connectivity index (χ0n) is 13.0. The van der Waals surface area contributed by atoms with Crippen molar-refractivity contribution >= 4 is 55.8 Å². The lowest BCUT2D eigenvalue weighted by Gasteiger charge is -2.09. The molecule has 2 aromatic rings. The highest BCUT2D eigenvalue weighted by molar-refractivity contribution is 9.11. The van der Waals surface area contributed by atoms with Gasteiger partial charge in [0.25, 0.3) is 0 Å². The van der Waals surface area contributed by atoms with Crippen LogP contribution in [0.15, 0.2) is 62.1 Å². The van der Waals surface area contributed by atoms with Gasteiger partial charge in [0.15, 0.2) is 11.4 Å². The minimum absolute atomic E-state index is 0.122. The third-order valence-corrected chi connectivity index (χ3v) is 4.26. The van der Waals surface area contributed by atoms with Crippen molar-refractivity contribution in [2.24, 2.45) is 4.99 Å². The SMILES string of the molecule is CC(=O)Oc1c(Br)cc(Br)cc1/C=C1\N=C(c2ccccc2)OC1=O. The maximum Gasteiger partial charge on any atom is 0.363 e. The van der Waals surface area contributed by atoms with Crippen LogP contribution >= 0.6 is 31.9 Å². The van der Waals surface area contributed by atoms with E-state index < -0.39 is 11.9 Å². The summed E-state index contributed by atoms with van der Waals surface area (Å²) in [6.45, 7) is 1.31. The zero-order valence-corrected chi connectivity index (χ0v) is 16.1. The van der Waals surface area contributed by atoms with Gasteiger partial charge in [-0.15, -0.1) is 0 Å². The van der Waals surface area contributed by atoms with Crippen molar-refractivity contribution in [2.45, 2.75) is 6.92 Å². The summed E-state index contributed by atoms with van der Waals surface area (Å²) in [6, 6.07) is 12.6. The number of rotatable bonds is 3. The first kappa shape index (κ1) is 17.6. The van der Waals surface area contributed by atoms with Crippen molar-refractivity contribution in [2.75, 3.05) is 0 Å². The Bertz CT molecular complexity index is 920. The molecule has 25 heavy (non-hydrogen) atoms. The number of esters is 2. The van der Waals surface area contributed by atoms with E-state index in [4.69, 9.17) is 9.47 Å². The molecule has 0 fully saturated rings. The first-order valence-corrected chi connectivity index (χ1v) is 8.78. The fraction of sp³-hybridized carbons (Fsp3) is 0.0556. The molecule has 0 saturated heterocycles. The molecule has 0 bridgehead atoms. The summed E-state index contributed by atoms with van der Waals surface area (Å²) in [5.41, 5.74) is 1.34. The molecule has 2 aromatic carbocycles. The smallest absolute Gasteiger partial charge is 0.363 e. The van der Waals surface area contributed by atoms with Gasteiger partial charge < -0.3 is 9.47 Å². The fourth-order valence-corrected chi connectivity index (χ4v) is 3.54. The Hall–Kier alpha value is -2.25. The van der Waals surface area contributed by atoms with E-state index in [-0.39, 0.29) is 11.6 Å². The molecule has 126 valence electrons. The van der Waals surface area contributed by atoms with Crippen LogP contribution in [0.5, 0.6) is 5.75 Å². The summed E-state index contributed by atoms with van der Waals surface area (Å²) in [5, 5.41) is 0. The molecule has 0 amide bonds. The van der Waals surface area contributed by atoms with E-state index >= 15 is 0 Å². The van der Waals surface area contributed by atoms with Gasteiger partial charge in [-0.3, -0.25) is 4.79 Å². The number of halogens is 2. The maximum absolute atomic E-state index is 12.1. The normalized spacial score (nSPS) is 15.1. The monoisotopic (exact) mass is 463 g/mol. The topological polar surface area (TPSA) is 65.0 Å². The largest absolute Gasteiger partial charge is 0.425 e. The highest BCUT2D eigenvalue weighted by Crippen LogP contribution is 2.35. The third kappa shape index (κ3) is 4.05. The van der Waals surface area contributed by atoms with Crippen LogP contribution in [0.3, 0.4) is 0 Å². The number of hydrogen-bond acceptors (Lipinski definition) is 5. The lowest BCUT2D eigenvalue weighted by atomic mass is 10.1. The van der Waals surface area contributed by atoms with Crippen molar-refractivity contribution in [1.82, 2.24) is 0 Å². The van der Waals surface area contributed by atoms with E-state index in [1.807, 2.05) is 18.2 Å². The van der Waals surface area contributed by atoms with Crippen molar-refractivity contribution in [3.63, 3.8) is 0 Å². The van der Waals surface area contributed by atoms with Crippen LogP contribution in [-0.4, -0.2) is 17.8 Å². The van der Waals surface area contributed by atoms with E-state index in [2.05, 4.69) is 36.9 Å². The van der Waals surface area contributed by atoms with Crippen molar-refractivity contribution in [3.8, 4) is 5.75 Å². The highest BCUT2D eigenvalue weighted by Gasteiger charge is 2.25. The van der Waals surface area contributed by atoms with Crippen molar-refractivity contribution in [1.29, 1.82) is 0 Å². The number of benzene rings is 2. The van der Waals surface area contributed by atoms with Crippen LogP contribution in [0.25, 0.3) is 6.08 Å². The van der Waals surface area contributed by atoms with Gasteiger partial charge in [0.05, 0.1) is 4.47 Å². The van der Waals surface area contributed by atoms with Gasteiger partial charge in [-0.2, -0.15) is 0 Å². The standard InChI is InChI=1S/C18H11Br2NO4/c1-10(22)24-16-12(7-13(19)9-14(16)20)8-15-18(23)25-17(21-15)11-5-3-2-4-6-11/h2-9H,1H3/b15-8-. The van der Waals surface area contributed by atoms with Crippen LogP contribution in [0.1, 0.15) is 18.1 Å². The predicted molar refractivity (Wildman–Crippen MR) is 100 cm³/mol.